The molecule has 0 fully saturated rings. The van der Waals surface area contributed by atoms with Crippen LogP contribution < -0.4 is 20.1 Å². The van der Waals surface area contributed by atoms with Gasteiger partial charge in [-0.25, -0.2) is 4.79 Å². The lowest BCUT2D eigenvalue weighted by Gasteiger charge is -2.18. The van der Waals surface area contributed by atoms with Gasteiger partial charge in [-0.2, -0.15) is 0 Å². The molecule has 0 atom stereocenters. The van der Waals surface area contributed by atoms with Crippen LogP contribution in [0, 0.1) is 0 Å². The molecule has 0 saturated carbocycles. The number of nitrogens with one attached hydrogen (secondary N) is 2. The van der Waals surface area contributed by atoms with Gasteiger partial charge in [-0.05, 0) is 35.6 Å². The zero-order chi connectivity index (χ0) is 27.5. The van der Waals surface area contributed by atoms with Crippen molar-refractivity contribution >= 4 is 29.2 Å². The number of unbranched alkanes of at least 4 members (excludes halogenated alkanes) is 11. The molecule has 2 aromatic carbocycles. The average Bonchev–Trinajstić information content (AvgIpc) is 3.46. The van der Waals surface area contributed by atoms with Crippen molar-refractivity contribution < 1.29 is 14.3 Å². The molecule has 0 saturated heterocycles. The van der Waals surface area contributed by atoms with E-state index in [1.165, 1.54) is 70.6 Å². The van der Waals surface area contributed by atoms with E-state index in [9.17, 15) is 4.79 Å². The van der Waals surface area contributed by atoms with Crippen molar-refractivity contribution in [2.75, 3.05) is 30.2 Å². The van der Waals surface area contributed by atoms with Crippen LogP contribution in [0.25, 0.3) is 0 Å². The molecule has 2 aromatic rings. The monoisotopic (exact) mass is 553 g/mol. The Morgan fingerprint density at radius 3 is 2.23 bits per heavy atom. The van der Waals surface area contributed by atoms with Crippen molar-refractivity contribution in [1.29, 1.82) is 0 Å². The summed E-state index contributed by atoms with van der Waals surface area (Å²) in [6.45, 7) is 3.69. The number of urea groups is 1. The number of hydrogen-bond acceptors (Lipinski definition) is 5. The predicted octanol–water partition coefficient (Wildman–Crippen LogP) is 9.40. The van der Waals surface area contributed by atoms with Crippen LogP contribution in [-0.2, 0) is 6.54 Å². The molecule has 2 N–H and O–H groups in total. The van der Waals surface area contributed by atoms with E-state index in [1.807, 2.05) is 36.4 Å². The van der Waals surface area contributed by atoms with Crippen LogP contribution in [0.2, 0.25) is 0 Å². The molecule has 214 valence electrons. The van der Waals surface area contributed by atoms with Gasteiger partial charge < -0.3 is 25.0 Å². The zero-order valence-electron chi connectivity index (χ0n) is 23.9. The maximum atomic E-state index is 12.7. The van der Waals surface area contributed by atoms with Crippen molar-refractivity contribution in [3.8, 4) is 11.5 Å². The first kappa shape index (κ1) is 30.7. The largest absolute Gasteiger partial charge is 0.493 e. The average molecular weight is 554 g/mol. The molecular weight excluding hydrogens is 506 g/mol. The first-order valence-corrected chi connectivity index (χ1v) is 15.7. The third-order valence-corrected chi connectivity index (χ3v) is 7.72. The van der Waals surface area contributed by atoms with Gasteiger partial charge in [0, 0.05) is 30.2 Å². The van der Waals surface area contributed by atoms with Gasteiger partial charge in [0.25, 0.3) is 0 Å². The highest BCUT2D eigenvalue weighted by Gasteiger charge is 2.12. The van der Waals surface area contributed by atoms with Gasteiger partial charge in [-0.1, -0.05) is 95.8 Å². The van der Waals surface area contributed by atoms with Gasteiger partial charge >= 0.3 is 6.03 Å². The van der Waals surface area contributed by atoms with E-state index in [-0.39, 0.29) is 6.03 Å². The second-order valence-corrected chi connectivity index (χ2v) is 11.0. The summed E-state index contributed by atoms with van der Waals surface area (Å²) in [5.41, 5.74) is 2.52. The Bertz CT molecular complexity index is 1010. The smallest absolute Gasteiger partial charge is 0.323 e. The van der Waals surface area contributed by atoms with Gasteiger partial charge in [0.15, 0.2) is 11.5 Å². The standard InChI is InChI=1S/C32H47N3O3S/c1-3-4-5-6-7-8-9-10-11-12-13-16-22-38-30-20-19-28(24-31(30)37-2)33-32(36)34-29-18-15-14-17-27(29)25-35-21-23-39-26-35/h14-15,17-21,23-24H,3-13,16,22,25-26H2,1-2H3,(H2,33,34,36). The Morgan fingerprint density at radius 2 is 1.56 bits per heavy atom. The minimum Gasteiger partial charge on any atom is -0.493 e. The minimum absolute atomic E-state index is 0.291. The molecule has 1 heterocycles. The molecule has 0 aromatic heterocycles. The molecule has 0 aliphatic carbocycles. The van der Waals surface area contributed by atoms with Gasteiger partial charge in [-0.15, -0.1) is 11.8 Å². The number of ether oxygens (including phenoxy) is 2. The van der Waals surface area contributed by atoms with E-state index < -0.39 is 0 Å². The third kappa shape index (κ3) is 11.9. The van der Waals surface area contributed by atoms with Crippen LogP contribution in [0.3, 0.4) is 0 Å². The van der Waals surface area contributed by atoms with Gasteiger partial charge in [0.05, 0.1) is 19.6 Å². The van der Waals surface area contributed by atoms with E-state index in [0.29, 0.717) is 23.8 Å². The molecule has 7 heteroatoms. The highest BCUT2D eigenvalue weighted by atomic mass is 32.2. The topological polar surface area (TPSA) is 62.8 Å². The van der Waals surface area contributed by atoms with Crippen molar-refractivity contribution in [3.05, 3.63) is 59.6 Å². The molecule has 3 rings (SSSR count). The molecule has 0 spiro atoms. The SMILES string of the molecule is CCCCCCCCCCCCCCOc1ccc(NC(=O)Nc2ccccc2CN2C=CSC2)cc1OC. The van der Waals surface area contributed by atoms with Crippen LogP contribution in [0.15, 0.2) is 54.1 Å². The van der Waals surface area contributed by atoms with E-state index in [2.05, 4.69) is 34.1 Å². The lowest BCUT2D eigenvalue weighted by Crippen LogP contribution is -2.21. The van der Waals surface area contributed by atoms with Crippen LogP contribution in [0.1, 0.15) is 89.5 Å². The molecular formula is C32H47N3O3S. The summed E-state index contributed by atoms with van der Waals surface area (Å²) in [4.78, 5) is 15.0. The fraction of sp³-hybridized carbons (Fsp3) is 0.531. The number of thioether (sulfide) groups is 1. The number of carbonyl (C=O) groups is 1. The summed E-state index contributed by atoms with van der Waals surface area (Å²) >= 11 is 1.76. The molecule has 1 aliphatic heterocycles. The second-order valence-electron chi connectivity index (χ2n) is 10.2. The number of hydrogen-bond donors (Lipinski definition) is 2. The number of para-hydroxylation sites is 1. The Hall–Kier alpha value is -2.80. The molecule has 2 amide bonds. The summed E-state index contributed by atoms with van der Waals surface area (Å²) < 4.78 is 11.5. The molecule has 39 heavy (non-hydrogen) atoms. The van der Waals surface area contributed by atoms with Crippen LogP contribution in [-0.4, -0.2) is 30.5 Å². The van der Waals surface area contributed by atoms with E-state index in [0.717, 1.165) is 30.1 Å². The number of carbonyl (C=O) groups excluding carboxylic acids is 1. The Kier molecular flexibility index (Phi) is 14.6. The Morgan fingerprint density at radius 1 is 0.872 bits per heavy atom. The minimum atomic E-state index is -0.291. The molecule has 0 radical (unpaired) electrons. The maximum absolute atomic E-state index is 12.7. The zero-order valence-corrected chi connectivity index (χ0v) is 24.7. The number of benzene rings is 2. The second kappa shape index (κ2) is 18.5. The fourth-order valence-corrected chi connectivity index (χ4v) is 5.40. The van der Waals surface area contributed by atoms with Crippen molar-refractivity contribution in [2.24, 2.45) is 0 Å². The summed E-state index contributed by atoms with van der Waals surface area (Å²) in [6, 6.07) is 13.1. The fourth-order valence-electron chi connectivity index (χ4n) is 4.68. The van der Waals surface area contributed by atoms with Crippen molar-refractivity contribution in [1.82, 2.24) is 4.90 Å². The first-order chi connectivity index (χ1) is 19.2. The Labute approximate surface area is 239 Å². The molecule has 0 unspecified atom stereocenters. The quantitative estimate of drug-likeness (QED) is 0.170. The highest BCUT2D eigenvalue weighted by molar-refractivity contribution is 8.02. The normalized spacial score (nSPS) is 12.5. The number of methoxy groups -OCH3 is 1. The number of amides is 2. The number of rotatable bonds is 19. The summed E-state index contributed by atoms with van der Waals surface area (Å²) in [7, 11) is 1.62. The molecule has 0 bridgehead atoms. The van der Waals surface area contributed by atoms with Crippen LogP contribution in [0.4, 0.5) is 16.2 Å². The van der Waals surface area contributed by atoms with Gasteiger partial charge in [0.1, 0.15) is 0 Å². The van der Waals surface area contributed by atoms with Crippen molar-refractivity contribution in [3.63, 3.8) is 0 Å². The first-order valence-electron chi connectivity index (χ1n) is 14.7. The summed E-state index contributed by atoms with van der Waals surface area (Å²) in [5, 5.41) is 7.98. The van der Waals surface area contributed by atoms with E-state index in [1.54, 1.807) is 24.9 Å². The highest BCUT2D eigenvalue weighted by Crippen LogP contribution is 2.31. The van der Waals surface area contributed by atoms with Crippen LogP contribution >= 0.6 is 11.8 Å². The number of anilines is 2. The summed E-state index contributed by atoms with van der Waals surface area (Å²) in [5.74, 6) is 2.24. The van der Waals surface area contributed by atoms with Crippen LogP contribution in [0.5, 0.6) is 11.5 Å². The lowest BCUT2D eigenvalue weighted by molar-refractivity contribution is 0.262. The van der Waals surface area contributed by atoms with Gasteiger partial charge in [-0.3, -0.25) is 0 Å². The predicted molar refractivity (Wildman–Crippen MR) is 166 cm³/mol. The number of nitrogens with zero attached hydrogens (tertiary/aromatic N) is 1. The van der Waals surface area contributed by atoms with Crippen molar-refractivity contribution in [2.45, 2.75) is 90.5 Å². The molecule has 1 aliphatic rings. The molecule has 6 nitrogen and oxygen atoms in total. The van der Waals surface area contributed by atoms with E-state index in [4.69, 9.17) is 9.47 Å². The van der Waals surface area contributed by atoms with E-state index >= 15 is 0 Å². The third-order valence-electron chi connectivity index (χ3n) is 6.92. The maximum Gasteiger partial charge on any atom is 0.323 e. The Balaban J connectivity index is 1.34. The lowest BCUT2D eigenvalue weighted by atomic mass is 10.1. The summed E-state index contributed by atoms with van der Waals surface area (Å²) in [6.07, 6.45) is 17.9. The van der Waals surface area contributed by atoms with Gasteiger partial charge in [0.2, 0.25) is 0 Å².